The lowest BCUT2D eigenvalue weighted by atomic mass is 10.00. The molecule has 0 aliphatic carbocycles. The van der Waals surface area contributed by atoms with Gasteiger partial charge in [-0.25, -0.2) is 9.78 Å². The van der Waals surface area contributed by atoms with Gasteiger partial charge in [-0.3, -0.25) is 14.2 Å². The number of carbonyl (C=O) groups excluding carboxylic acids is 2. The van der Waals surface area contributed by atoms with Crippen LogP contribution in [-0.4, -0.2) is 34.8 Å². The number of esters is 1. The summed E-state index contributed by atoms with van der Waals surface area (Å²) in [6.45, 7) is 8.49. The molecule has 2 aromatic heterocycles. The van der Waals surface area contributed by atoms with E-state index in [0.29, 0.717) is 71.7 Å². The first-order chi connectivity index (χ1) is 24.8. The van der Waals surface area contributed by atoms with Gasteiger partial charge in [0, 0.05) is 42.7 Å². The highest BCUT2D eigenvalue weighted by atomic mass is 16.5. The third kappa shape index (κ3) is 9.24. The molecule has 0 aliphatic rings. The number of urea groups is 1. The molecule has 264 valence electrons. The highest BCUT2D eigenvalue weighted by Gasteiger charge is 2.22. The molecule has 0 aliphatic heterocycles. The Morgan fingerprint density at radius 2 is 1.53 bits per heavy atom. The van der Waals surface area contributed by atoms with Crippen LogP contribution in [0.4, 0.5) is 27.5 Å². The molecule has 0 saturated heterocycles. The minimum Gasteiger partial charge on any atom is -0.493 e. The molecule has 0 fully saturated rings. The van der Waals surface area contributed by atoms with Crippen LogP contribution in [-0.2, 0) is 28.9 Å². The molecular weight excluding hydrogens is 644 g/mol. The van der Waals surface area contributed by atoms with E-state index >= 15 is 0 Å². The molecule has 3 aromatic carbocycles. The number of azo groups is 1. The molecule has 0 radical (unpaired) electrons. The zero-order valence-corrected chi connectivity index (χ0v) is 29.6. The summed E-state index contributed by atoms with van der Waals surface area (Å²) in [7, 11) is 0. The van der Waals surface area contributed by atoms with Crippen LogP contribution in [0.5, 0.6) is 5.75 Å². The number of rotatable bonds is 15. The van der Waals surface area contributed by atoms with Crippen molar-refractivity contribution in [2.45, 2.75) is 66.3 Å². The van der Waals surface area contributed by atoms with Gasteiger partial charge in [-0.05, 0) is 84.5 Å². The molecule has 2 N–H and O–H groups in total. The van der Waals surface area contributed by atoms with Gasteiger partial charge in [0.05, 0.1) is 24.6 Å². The van der Waals surface area contributed by atoms with Gasteiger partial charge in [-0.15, -0.1) is 0 Å². The van der Waals surface area contributed by atoms with Crippen molar-refractivity contribution < 1.29 is 19.1 Å². The number of anilines is 2. The molecule has 0 spiro atoms. The van der Waals surface area contributed by atoms with Gasteiger partial charge in [-0.2, -0.15) is 10.2 Å². The standard InChI is InChI=1S/C40H44N6O5/c1-5-8-21-46-38-34(19-13-20-41-38)35(30-15-12-18-33(26-30)51-23-14-22-50-27(4)47)37(39(46)48)43-40(49)42-36-28(6-2)24-32(25-29(36)7-3)45-44-31-16-10-9-11-17-31/h9-13,15-20,24-26H,5-8,14,21-23H2,1-4H3,(H2,42,43,49). The fourth-order valence-corrected chi connectivity index (χ4v) is 5.82. The van der Waals surface area contributed by atoms with Crippen molar-refractivity contribution in [2.75, 3.05) is 23.8 Å². The fraction of sp³-hybridized carbons (Fsp3) is 0.300. The van der Waals surface area contributed by atoms with E-state index in [4.69, 9.17) is 9.47 Å². The monoisotopic (exact) mass is 688 g/mol. The first-order valence-corrected chi connectivity index (χ1v) is 17.4. The number of unbranched alkanes of at least 4 members (excludes halogenated alkanes) is 1. The van der Waals surface area contributed by atoms with Gasteiger partial charge in [-0.1, -0.05) is 57.5 Å². The number of aromatic nitrogens is 2. The lowest BCUT2D eigenvalue weighted by Crippen LogP contribution is -2.30. The van der Waals surface area contributed by atoms with Crippen molar-refractivity contribution in [3.63, 3.8) is 0 Å². The Bertz CT molecular complexity index is 2050. The minimum atomic E-state index is -0.542. The van der Waals surface area contributed by atoms with Crippen LogP contribution >= 0.6 is 0 Å². The molecule has 11 heteroatoms. The number of pyridine rings is 2. The first kappa shape index (κ1) is 36.4. The number of hydrogen-bond donors (Lipinski definition) is 2. The summed E-state index contributed by atoms with van der Waals surface area (Å²) in [5.41, 5.74) is 5.45. The predicted molar refractivity (Wildman–Crippen MR) is 202 cm³/mol. The van der Waals surface area contributed by atoms with Crippen LogP contribution < -0.4 is 20.9 Å². The van der Waals surface area contributed by atoms with E-state index < -0.39 is 6.03 Å². The quantitative estimate of drug-likeness (QED) is 0.0639. The number of ether oxygens (including phenoxy) is 2. The maximum absolute atomic E-state index is 14.3. The SMILES string of the molecule is CCCCn1c(=O)c(NC(=O)Nc2c(CC)cc(N=Nc3ccccc3)cc2CC)c(-c2cccc(OCCCOC(C)=O)c2)c2cccnc21. The van der Waals surface area contributed by atoms with Gasteiger partial charge in [0.15, 0.2) is 0 Å². The maximum Gasteiger partial charge on any atom is 0.323 e. The van der Waals surface area contributed by atoms with Crippen LogP contribution in [0.15, 0.2) is 100 Å². The summed E-state index contributed by atoms with van der Waals surface area (Å²) in [5, 5.41) is 15.6. The lowest BCUT2D eigenvalue weighted by Gasteiger charge is -2.20. The molecule has 0 bridgehead atoms. The average Bonchev–Trinajstić information content (AvgIpc) is 3.14. The van der Waals surface area contributed by atoms with Gasteiger partial charge >= 0.3 is 12.0 Å². The van der Waals surface area contributed by atoms with Gasteiger partial charge in [0.25, 0.3) is 5.56 Å². The number of amides is 2. The molecule has 11 nitrogen and oxygen atoms in total. The summed E-state index contributed by atoms with van der Waals surface area (Å²) in [5.74, 6) is 0.233. The van der Waals surface area contributed by atoms with Gasteiger partial charge in [0.2, 0.25) is 0 Å². The van der Waals surface area contributed by atoms with E-state index in [1.54, 1.807) is 10.8 Å². The molecule has 0 saturated carbocycles. The second kappa shape index (κ2) is 17.7. The van der Waals surface area contributed by atoms with Crippen LogP contribution in [0.3, 0.4) is 0 Å². The number of aryl methyl sites for hydroxylation is 3. The van der Waals surface area contributed by atoms with Crippen molar-refractivity contribution in [1.82, 2.24) is 9.55 Å². The van der Waals surface area contributed by atoms with E-state index in [1.807, 2.05) is 92.7 Å². The fourth-order valence-electron chi connectivity index (χ4n) is 5.82. The highest BCUT2D eigenvalue weighted by molar-refractivity contribution is 6.08. The second-order valence-electron chi connectivity index (χ2n) is 12.0. The second-order valence-corrected chi connectivity index (χ2v) is 12.0. The Balaban J connectivity index is 1.51. The lowest BCUT2D eigenvalue weighted by molar-refractivity contribution is -0.141. The molecule has 2 amide bonds. The van der Waals surface area contributed by atoms with Crippen LogP contribution in [0.2, 0.25) is 0 Å². The molecular formula is C40H44N6O5. The van der Waals surface area contributed by atoms with Crippen molar-refractivity contribution in [1.29, 1.82) is 0 Å². The number of nitrogens with one attached hydrogen (secondary N) is 2. The topological polar surface area (TPSA) is 136 Å². The van der Waals surface area contributed by atoms with Crippen LogP contribution in [0, 0.1) is 0 Å². The zero-order chi connectivity index (χ0) is 36.2. The van der Waals surface area contributed by atoms with E-state index in [1.165, 1.54) is 6.92 Å². The smallest absolute Gasteiger partial charge is 0.323 e. The normalized spacial score (nSPS) is 11.1. The Kier molecular flexibility index (Phi) is 12.7. The molecule has 2 heterocycles. The molecule has 5 aromatic rings. The molecule has 51 heavy (non-hydrogen) atoms. The Hall–Kier alpha value is -5.84. The zero-order valence-electron chi connectivity index (χ0n) is 29.6. The van der Waals surface area contributed by atoms with Crippen LogP contribution in [0.25, 0.3) is 22.2 Å². The molecule has 0 atom stereocenters. The van der Waals surface area contributed by atoms with Gasteiger partial charge in [0.1, 0.15) is 17.1 Å². The van der Waals surface area contributed by atoms with Gasteiger partial charge < -0.3 is 20.1 Å². The highest BCUT2D eigenvalue weighted by Crippen LogP contribution is 2.35. The molecule has 5 rings (SSSR count). The number of benzene rings is 3. The van der Waals surface area contributed by atoms with E-state index in [9.17, 15) is 14.4 Å². The largest absolute Gasteiger partial charge is 0.493 e. The summed E-state index contributed by atoms with van der Waals surface area (Å²) in [6.07, 6.45) is 5.11. The van der Waals surface area contributed by atoms with Crippen molar-refractivity contribution in [3.8, 4) is 16.9 Å². The summed E-state index contributed by atoms with van der Waals surface area (Å²) in [4.78, 5) is 44.0. The van der Waals surface area contributed by atoms with E-state index in [0.717, 1.165) is 29.7 Å². The third-order valence-electron chi connectivity index (χ3n) is 8.30. The summed E-state index contributed by atoms with van der Waals surface area (Å²) >= 11 is 0. The summed E-state index contributed by atoms with van der Waals surface area (Å²) < 4.78 is 12.6. The minimum absolute atomic E-state index is 0.139. The third-order valence-corrected chi connectivity index (χ3v) is 8.30. The Morgan fingerprint density at radius 3 is 2.24 bits per heavy atom. The molecule has 0 unspecified atom stereocenters. The number of fused-ring (bicyclic) bond motifs is 1. The Labute approximate surface area is 297 Å². The van der Waals surface area contributed by atoms with E-state index in [2.05, 4.69) is 32.8 Å². The average molecular weight is 689 g/mol. The van der Waals surface area contributed by atoms with Crippen molar-refractivity contribution in [2.24, 2.45) is 10.2 Å². The first-order valence-electron chi connectivity index (χ1n) is 17.4. The number of carbonyl (C=O) groups is 2. The number of nitrogens with zero attached hydrogens (tertiary/aromatic N) is 4. The summed E-state index contributed by atoms with van der Waals surface area (Å²) in [6, 6.07) is 23.9. The van der Waals surface area contributed by atoms with Crippen molar-refractivity contribution >= 4 is 45.8 Å². The predicted octanol–water partition coefficient (Wildman–Crippen LogP) is 9.38. The number of hydrogen-bond acceptors (Lipinski definition) is 8. The van der Waals surface area contributed by atoms with Crippen LogP contribution in [0.1, 0.15) is 58.1 Å². The Morgan fingerprint density at radius 1 is 0.804 bits per heavy atom. The van der Waals surface area contributed by atoms with E-state index in [-0.39, 0.29) is 23.8 Å². The van der Waals surface area contributed by atoms with Crippen molar-refractivity contribution in [3.05, 3.63) is 107 Å². The maximum atomic E-state index is 14.3.